The van der Waals surface area contributed by atoms with E-state index in [0.29, 0.717) is 35.5 Å². The van der Waals surface area contributed by atoms with E-state index in [2.05, 4.69) is 123 Å². The summed E-state index contributed by atoms with van der Waals surface area (Å²) in [5.41, 5.74) is 18.1. The summed E-state index contributed by atoms with van der Waals surface area (Å²) in [6.07, 6.45) is 38.1. The Hall–Kier alpha value is -4.96. The van der Waals surface area contributed by atoms with Gasteiger partial charge in [-0.2, -0.15) is 0 Å². The average molecular weight is 1070 g/mol. The molecule has 6 fully saturated rings. The number of hydrogen-bond acceptors (Lipinski definition) is 2. The van der Waals surface area contributed by atoms with Gasteiger partial charge in [-0.1, -0.05) is 194 Å². The van der Waals surface area contributed by atoms with Crippen molar-refractivity contribution in [3.8, 4) is 11.4 Å². The first kappa shape index (κ1) is 54.3. The first-order chi connectivity index (χ1) is 38.8. The quantitative estimate of drug-likeness (QED) is 0.142. The third-order valence-electron chi connectivity index (χ3n) is 21.9. The molecule has 422 valence electrons. The van der Waals surface area contributed by atoms with Gasteiger partial charge in [-0.15, -0.1) is 0 Å². The van der Waals surface area contributed by atoms with E-state index in [9.17, 15) is 0 Å². The van der Waals surface area contributed by atoms with Crippen LogP contribution in [0.4, 0.5) is 0 Å². The fourth-order valence-electron chi connectivity index (χ4n) is 17.3. The number of rotatable bonds is 8. The van der Waals surface area contributed by atoms with E-state index < -0.39 is 0 Å². The molecule has 0 amide bonds. The molecule has 0 aliphatic heterocycles. The lowest BCUT2D eigenvalue weighted by Gasteiger charge is -2.35. The van der Waals surface area contributed by atoms with Gasteiger partial charge in [0.15, 0.2) is 10.9 Å². The summed E-state index contributed by atoms with van der Waals surface area (Å²) in [4.78, 5) is 32.5. The molecule has 0 N–H and O–H groups in total. The van der Waals surface area contributed by atoms with E-state index in [4.69, 9.17) is 0 Å². The zero-order valence-electron chi connectivity index (χ0n) is 50.3. The molecule has 4 heteroatoms. The number of pyridine rings is 2. The number of hydrogen-bond donors (Lipinski definition) is 0. The maximum Gasteiger partial charge on any atom is 0.197 e. The molecule has 6 aliphatic rings. The van der Waals surface area contributed by atoms with Gasteiger partial charge in [0.05, 0.1) is 33.4 Å². The molecule has 0 bridgehead atoms. The standard InChI is InChI=1S/C76H96N2O2/c1-75(2,3)57-37-39-59-67(45-57)77(71-61(51-29-17-9-18-30-51)41-55(49-25-13-7-14-26-49)42-62(71)52-31-19-10-20-32-52)69-47-66-70(48-65(69)73(59)79)78(68-46-58(76(4,5)6)38-40-60(68)74(66)80)72-63(53-33-21-11-22-34-53)43-56(50-27-15-8-16-28-50)44-64(72)54-35-23-12-24-36-54/h37-54H,7-36H2,1-6H3. The highest BCUT2D eigenvalue weighted by molar-refractivity contribution is 6.06. The Morgan fingerprint density at radius 3 is 0.812 bits per heavy atom. The molecule has 13 rings (SSSR count). The van der Waals surface area contributed by atoms with Crippen LogP contribution in [-0.2, 0) is 10.8 Å². The molecule has 6 aliphatic carbocycles. The largest absolute Gasteiger partial charge is 0.308 e. The van der Waals surface area contributed by atoms with Gasteiger partial charge < -0.3 is 9.13 Å². The van der Waals surface area contributed by atoms with Crippen molar-refractivity contribution in [3.05, 3.63) is 138 Å². The summed E-state index contributed by atoms with van der Waals surface area (Å²) in [6, 6.07) is 29.0. The predicted molar refractivity (Wildman–Crippen MR) is 340 cm³/mol. The van der Waals surface area contributed by atoms with Crippen LogP contribution in [0.25, 0.3) is 55.0 Å². The van der Waals surface area contributed by atoms with Crippen LogP contribution in [-0.4, -0.2) is 9.13 Å². The first-order valence-electron chi connectivity index (χ1n) is 33.3. The van der Waals surface area contributed by atoms with Crippen molar-refractivity contribution in [1.82, 2.24) is 9.13 Å². The van der Waals surface area contributed by atoms with Crippen LogP contribution >= 0.6 is 0 Å². The first-order valence-corrected chi connectivity index (χ1v) is 33.3. The second-order valence-corrected chi connectivity index (χ2v) is 29.3. The Kier molecular flexibility index (Phi) is 15.1. The lowest BCUT2D eigenvalue weighted by Crippen LogP contribution is -2.21. The van der Waals surface area contributed by atoms with Crippen LogP contribution in [0, 0.1) is 0 Å². The van der Waals surface area contributed by atoms with Gasteiger partial charge in [0.2, 0.25) is 0 Å². The molecular formula is C76H96N2O2. The van der Waals surface area contributed by atoms with E-state index in [0.717, 1.165) is 43.6 Å². The Bertz CT molecular complexity index is 3240. The third kappa shape index (κ3) is 10.2. The van der Waals surface area contributed by atoms with Gasteiger partial charge in [0.25, 0.3) is 0 Å². The fraction of sp³-hybridized carbons (Fsp3) is 0.579. The Balaban J connectivity index is 1.20. The minimum absolute atomic E-state index is 0.0843. The number of fused-ring (bicyclic) bond motifs is 4. The van der Waals surface area contributed by atoms with Crippen molar-refractivity contribution >= 4 is 43.6 Å². The zero-order valence-corrected chi connectivity index (χ0v) is 50.3. The number of benzene rings is 5. The Morgan fingerprint density at radius 2 is 0.550 bits per heavy atom. The monoisotopic (exact) mass is 1070 g/mol. The minimum atomic E-state index is -0.131. The molecular weight excluding hydrogens is 973 g/mol. The molecule has 2 heterocycles. The van der Waals surface area contributed by atoms with Crippen molar-refractivity contribution in [1.29, 1.82) is 0 Å². The summed E-state index contributed by atoms with van der Waals surface area (Å²) in [6.45, 7) is 13.9. The van der Waals surface area contributed by atoms with Gasteiger partial charge >= 0.3 is 0 Å². The molecule has 7 aromatic rings. The van der Waals surface area contributed by atoms with Crippen molar-refractivity contribution < 1.29 is 0 Å². The lowest BCUT2D eigenvalue weighted by molar-refractivity contribution is 0.426. The van der Waals surface area contributed by atoms with Crippen molar-refractivity contribution in [2.75, 3.05) is 0 Å². The minimum Gasteiger partial charge on any atom is -0.308 e. The molecule has 5 aromatic carbocycles. The van der Waals surface area contributed by atoms with Crippen LogP contribution in [0.3, 0.4) is 0 Å². The molecule has 80 heavy (non-hydrogen) atoms. The van der Waals surface area contributed by atoms with Gasteiger partial charge in [-0.25, -0.2) is 0 Å². The normalized spacial score (nSPS) is 20.7. The van der Waals surface area contributed by atoms with Gasteiger partial charge in [0, 0.05) is 21.5 Å². The summed E-state index contributed by atoms with van der Waals surface area (Å²) in [7, 11) is 0. The van der Waals surface area contributed by atoms with Crippen LogP contribution in [0.5, 0.6) is 0 Å². The fourth-order valence-corrected chi connectivity index (χ4v) is 17.3. The van der Waals surface area contributed by atoms with E-state index in [1.165, 1.54) is 237 Å². The van der Waals surface area contributed by atoms with E-state index >= 15 is 9.59 Å². The molecule has 0 unspecified atom stereocenters. The highest BCUT2D eigenvalue weighted by atomic mass is 16.1. The van der Waals surface area contributed by atoms with E-state index in [1.54, 1.807) is 11.1 Å². The lowest BCUT2D eigenvalue weighted by atomic mass is 9.74. The maximum atomic E-state index is 16.2. The summed E-state index contributed by atoms with van der Waals surface area (Å²) in [5, 5.41) is 3.06. The Morgan fingerprint density at radius 1 is 0.300 bits per heavy atom. The van der Waals surface area contributed by atoms with Crippen molar-refractivity contribution in [2.45, 2.75) is 281 Å². The summed E-state index contributed by atoms with van der Waals surface area (Å²) >= 11 is 0. The predicted octanol–water partition coefficient (Wildman–Crippen LogP) is 21.5. The molecule has 0 spiro atoms. The SMILES string of the molecule is CC(C)(C)c1ccc2c(=O)c3cc4c(cc3n(-c3c(C5CCCCC5)cc(C5CCCCC5)cc3C3CCCCC3)c2c1)c(=O)c1ccc(C(C)(C)C)cc1n4-c1c(C2CCCCC2)cc(C2CCCCC2)cc1C1CCCCC1. The molecule has 4 nitrogen and oxygen atoms in total. The van der Waals surface area contributed by atoms with Gasteiger partial charge in [0.1, 0.15) is 0 Å². The molecule has 0 atom stereocenters. The van der Waals surface area contributed by atoms with E-state index in [1.807, 2.05) is 0 Å². The maximum absolute atomic E-state index is 16.2. The molecule has 6 saturated carbocycles. The molecule has 2 aromatic heterocycles. The molecule has 0 radical (unpaired) electrons. The third-order valence-corrected chi connectivity index (χ3v) is 21.9. The second-order valence-electron chi connectivity index (χ2n) is 29.3. The second kappa shape index (κ2) is 22.3. The highest BCUT2D eigenvalue weighted by Crippen LogP contribution is 2.50. The highest BCUT2D eigenvalue weighted by Gasteiger charge is 2.34. The average Bonchev–Trinajstić information content (AvgIpc) is 3.68. The topological polar surface area (TPSA) is 44.0 Å². The number of aromatic nitrogens is 2. The van der Waals surface area contributed by atoms with Gasteiger partial charge in [-0.3, -0.25) is 9.59 Å². The van der Waals surface area contributed by atoms with Crippen LogP contribution in [0.2, 0.25) is 0 Å². The summed E-state index contributed by atoms with van der Waals surface area (Å²) in [5.74, 6) is 3.00. The van der Waals surface area contributed by atoms with Crippen molar-refractivity contribution in [2.24, 2.45) is 0 Å². The van der Waals surface area contributed by atoms with Crippen LogP contribution in [0.15, 0.2) is 82.4 Å². The Labute approximate surface area is 479 Å². The van der Waals surface area contributed by atoms with Crippen LogP contribution < -0.4 is 10.9 Å². The number of nitrogens with zero attached hydrogens (tertiary/aromatic N) is 2. The van der Waals surface area contributed by atoms with Crippen LogP contribution in [0.1, 0.15) is 314 Å². The van der Waals surface area contributed by atoms with Crippen molar-refractivity contribution in [3.63, 3.8) is 0 Å². The molecule has 0 saturated heterocycles. The summed E-state index contributed by atoms with van der Waals surface area (Å²) < 4.78 is 5.24. The smallest absolute Gasteiger partial charge is 0.197 e. The van der Waals surface area contributed by atoms with E-state index in [-0.39, 0.29) is 21.7 Å². The zero-order chi connectivity index (χ0) is 54.9. The van der Waals surface area contributed by atoms with Gasteiger partial charge in [-0.05, 0) is 204 Å².